The highest BCUT2D eigenvalue weighted by Gasteiger charge is 2.23. The van der Waals surface area contributed by atoms with Crippen LogP contribution in [0.3, 0.4) is 0 Å². The Balaban J connectivity index is 0.00000280. The third-order valence-corrected chi connectivity index (χ3v) is 5.55. The number of ether oxygens (including phenoxy) is 1. The SMILES string of the molecule is CCNC(=NCC(C)N1CCN(CC)CC1)NCC1Cc2ccccc2O1.I. The number of guanidine groups is 1. The normalized spacial score (nSPS) is 21.4. The summed E-state index contributed by atoms with van der Waals surface area (Å²) in [6.45, 7) is 14.8. The minimum atomic E-state index is 0. The number of nitrogens with zero attached hydrogens (tertiary/aromatic N) is 3. The summed E-state index contributed by atoms with van der Waals surface area (Å²) in [6, 6.07) is 8.77. The van der Waals surface area contributed by atoms with Crippen LogP contribution in [0.5, 0.6) is 5.75 Å². The number of rotatable bonds is 7. The Hall–Kier alpha value is -1.06. The largest absolute Gasteiger partial charge is 0.488 e. The predicted molar refractivity (Wildman–Crippen MR) is 127 cm³/mol. The molecular weight excluding hydrogens is 465 g/mol. The van der Waals surface area contributed by atoms with E-state index in [0.29, 0.717) is 6.04 Å². The summed E-state index contributed by atoms with van der Waals surface area (Å²) < 4.78 is 6.02. The van der Waals surface area contributed by atoms with Crippen molar-refractivity contribution in [2.75, 3.05) is 52.4 Å². The first kappa shape index (κ1) is 23.2. The summed E-state index contributed by atoms with van der Waals surface area (Å²) in [4.78, 5) is 9.88. The molecule has 2 aliphatic rings. The Morgan fingerprint density at radius 2 is 1.93 bits per heavy atom. The van der Waals surface area contributed by atoms with Crippen molar-refractivity contribution in [2.24, 2.45) is 4.99 Å². The number of para-hydroxylation sites is 1. The molecule has 7 heteroatoms. The highest BCUT2D eigenvalue weighted by molar-refractivity contribution is 14.0. The van der Waals surface area contributed by atoms with Crippen molar-refractivity contribution < 1.29 is 4.74 Å². The third kappa shape index (κ3) is 6.49. The van der Waals surface area contributed by atoms with Gasteiger partial charge in [-0.3, -0.25) is 9.89 Å². The number of hydrogen-bond donors (Lipinski definition) is 2. The van der Waals surface area contributed by atoms with Gasteiger partial charge in [0, 0.05) is 45.2 Å². The second-order valence-electron chi connectivity index (χ2n) is 7.47. The van der Waals surface area contributed by atoms with Gasteiger partial charge >= 0.3 is 0 Å². The average molecular weight is 501 g/mol. The Morgan fingerprint density at radius 3 is 2.61 bits per heavy atom. The van der Waals surface area contributed by atoms with Crippen LogP contribution in [0.25, 0.3) is 0 Å². The molecule has 0 bridgehead atoms. The second-order valence-corrected chi connectivity index (χ2v) is 7.47. The zero-order valence-corrected chi connectivity index (χ0v) is 19.8. The lowest BCUT2D eigenvalue weighted by molar-refractivity contribution is 0.109. The second kappa shape index (κ2) is 11.8. The van der Waals surface area contributed by atoms with Gasteiger partial charge in [-0.15, -0.1) is 24.0 Å². The van der Waals surface area contributed by atoms with Gasteiger partial charge in [-0.05, 0) is 32.0 Å². The van der Waals surface area contributed by atoms with Gasteiger partial charge in [0.25, 0.3) is 0 Å². The van der Waals surface area contributed by atoms with Crippen LogP contribution in [-0.4, -0.2) is 80.3 Å². The number of nitrogens with one attached hydrogen (secondary N) is 2. The monoisotopic (exact) mass is 501 g/mol. The van der Waals surface area contributed by atoms with Gasteiger partial charge in [0.1, 0.15) is 11.9 Å². The van der Waals surface area contributed by atoms with Gasteiger partial charge in [-0.1, -0.05) is 25.1 Å². The van der Waals surface area contributed by atoms with Crippen LogP contribution in [0.1, 0.15) is 26.3 Å². The van der Waals surface area contributed by atoms with Crippen molar-refractivity contribution in [3.8, 4) is 5.75 Å². The fourth-order valence-corrected chi connectivity index (χ4v) is 3.78. The molecule has 6 nitrogen and oxygen atoms in total. The molecule has 2 heterocycles. The summed E-state index contributed by atoms with van der Waals surface area (Å²) in [5.41, 5.74) is 1.30. The molecule has 1 aromatic rings. The molecule has 2 atom stereocenters. The summed E-state index contributed by atoms with van der Waals surface area (Å²) in [5.74, 6) is 1.90. The number of aliphatic imine (C=N–C) groups is 1. The molecule has 0 radical (unpaired) electrons. The zero-order chi connectivity index (χ0) is 19.1. The standard InChI is InChI=1S/C21H35N5O.HI/c1-4-22-21(23-15-17(3)26-12-10-25(5-2)11-13-26)24-16-19-14-18-8-6-7-9-20(18)27-19;/h6-9,17,19H,4-5,10-16H2,1-3H3,(H2,22,23,24);1H. The molecule has 2 unspecified atom stereocenters. The molecule has 0 aliphatic carbocycles. The van der Waals surface area contributed by atoms with Crippen molar-refractivity contribution in [2.45, 2.75) is 39.3 Å². The maximum atomic E-state index is 6.02. The van der Waals surface area contributed by atoms with Crippen LogP contribution in [-0.2, 0) is 6.42 Å². The lowest BCUT2D eigenvalue weighted by atomic mass is 10.1. The minimum absolute atomic E-state index is 0. The lowest BCUT2D eigenvalue weighted by Gasteiger charge is -2.37. The average Bonchev–Trinajstić information content (AvgIpc) is 3.13. The number of hydrogen-bond acceptors (Lipinski definition) is 4. The molecule has 28 heavy (non-hydrogen) atoms. The number of piperazine rings is 1. The summed E-state index contributed by atoms with van der Waals surface area (Å²) in [6.07, 6.45) is 1.13. The topological polar surface area (TPSA) is 52.1 Å². The van der Waals surface area contributed by atoms with E-state index in [2.05, 4.69) is 59.4 Å². The molecule has 3 rings (SSSR count). The van der Waals surface area contributed by atoms with Crippen molar-refractivity contribution in [3.05, 3.63) is 29.8 Å². The first-order valence-corrected chi connectivity index (χ1v) is 10.4. The molecule has 1 fully saturated rings. The summed E-state index contributed by atoms with van der Waals surface area (Å²) >= 11 is 0. The van der Waals surface area contributed by atoms with Gasteiger partial charge in [-0.2, -0.15) is 0 Å². The van der Waals surface area contributed by atoms with E-state index >= 15 is 0 Å². The molecule has 2 N–H and O–H groups in total. The van der Waals surface area contributed by atoms with E-state index in [1.165, 1.54) is 18.7 Å². The van der Waals surface area contributed by atoms with Crippen LogP contribution in [0.4, 0.5) is 0 Å². The van der Waals surface area contributed by atoms with Crippen LogP contribution >= 0.6 is 24.0 Å². The molecular formula is C21H36IN5O. The molecule has 158 valence electrons. The lowest BCUT2D eigenvalue weighted by Crippen LogP contribution is -2.50. The van der Waals surface area contributed by atoms with Crippen LogP contribution in [0.2, 0.25) is 0 Å². The Bertz CT molecular complexity index is 594. The highest BCUT2D eigenvalue weighted by atomic mass is 127. The number of fused-ring (bicyclic) bond motifs is 1. The third-order valence-electron chi connectivity index (χ3n) is 5.55. The van der Waals surface area contributed by atoms with E-state index in [0.717, 1.165) is 57.4 Å². The van der Waals surface area contributed by atoms with E-state index in [4.69, 9.17) is 9.73 Å². The van der Waals surface area contributed by atoms with E-state index in [9.17, 15) is 0 Å². The van der Waals surface area contributed by atoms with Gasteiger partial charge in [0.15, 0.2) is 5.96 Å². The van der Waals surface area contributed by atoms with Crippen LogP contribution < -0.4 is 15.4 Å². The Kier molecular flexibility index (Phi) is 9.81. The van der Waals surface area contributed by atoms with Gasteiger partial charge in [-0.25, -0.2) is 0 Å². The maximum absolute atomic E-state index is 6.02. The van der Waals surface area contributed by atoms with Crippen LogP contribution in [0.15, 0.2) is 29.3 Å². The van der Waals surface area contributed by atoms with Gasteiger partial charge in [0.2, 0.25) is 0 Å². The number of halogens is 1. The minimum Gasteiger partial charge on any atom is -0.488 e. The van der Waals surface area contributed by atoms with E-state index < -0.39 is 0 Å². The van der Waals surface area contributed by atoms with Crippen molar-refractivity contribution >= 4 is 29.9 Å². The zero-order valence-electron chi connectivity index (χ0n) is 17.5. The fourth-order valence-electron chi connectivity index (χ4n) is 3.78. The highest BCUT2D eigenvalue weighted by Crippen LogP contribution is 2.27. The van der Waals surface area contributed by atoms with E-state index in [1.54, 1.807) is 0 Å². The molecule has 1 aromatic carbocycles. The molecule has 2 aliphatic heterocycles. The first-order chi connectivity index (χ1) is 13.2. The van der Waals surface area contributed by atoms with Crippen molar-refractivity contribution in [1.29, 1.82) is 0 Å². The number of likely N-dealkylation sites (N-methyl/N-ethyl adjacent to an activating group) is 1. The molecule has 1 saturated heterocycles. The van der Waals surface area contributed by atoms with Crippen molar-refractivity contribution in [1.82, 2.24) is 20.4 Å². The smallest absolute Gasteiger partial charge is 0.191 e. The molecule has 0 saturated carbocycles. The summed E-state index contributed by atoms with van der Waals surface area (Å²) in [5, 5.41) is 6.82. The summed E-state index contributed by atoms with van der Waals surface area (Å²) in [7, 11) is 0. The fraction of sp³-hybridized carbons (Fsp3) is 0.667. The first-order valence-electron chi connectivity index (χ1n) is 10.4. The van der Waals surface area contributed by atoms with E-state index in [-0.39, 0.29) is 30.1 Å². The molecule has 0 aromatic heterocycles. The Morgan fingerprint density at radius 1 is 1.18 bits per heavy atom. The molecule has 0 amide bonds. The number of benzene rings is 1. The van der Waals surface area contributed by atoms with E-state index in [1.807, 2.05) is 6.07 Å². The quantitative estimate of drug-likeness (QED) is 0.341. The van der Waals surface area contributed by atoms with Crippen molar-refractivity contribution in [3.63, 3.8) is 0 Å². The predicted octanol–water partition coefficient (Wildman–Crippen LogP) is 2.19. The Labute approximate surface area is 187 Å². The molecule has 0 spiro atoms. The van der Waals surface area contributed by atoms with Crippen LogP contribution in [0, 0.1) is 0 Å². The maximum Gasteiger partial charge on any atom is 0.191 e. The van der Waals surface area contributed by atoms with Gasteiger partial charge < -0.3 is 20.3 Å². The van der Waals surface area contributed by atoms with Gasteiger partial charge in [0.05, 0.1) is 13.1 Å².